The molecule has 1 rings (SSSR count). The smallest absolute Gasteiger partial charge is 0.0440 e. The third-order valence-electron chi connectivity index (χ3n) is 2.20. The fourth-order valence-electron chi connectivity index (χ4n) is 1.20. The quantitative estimate of drug-likeness (QED) is 0.680. The normalized spacial score (nSPS) is 10.5. The average Bonchev–Trinajstić information content (AvgIpc) is 2.16. The Balaban J connectivity index is 3.02. The van der Waals surface area contributed by atoms with Gasteiger partial charge in [0.05, 0.1) is 0 Å². The van der Waals surface area contributed by atoms with Crippen LogP contribution in [-0.4, -0.2) is 0 Å². The molecule has 0 unspecified atom stereocenters. The van der Waals surface area contributed by atoms with Crippen molar-refractivity contribution in [3.8, 4) is 0 Å². The highest BCUT2D eigenvalue weighted by atomic mass is 35.5. The maximum Gasteiger partial charge on any atom is 0.0440 e. The van der Waals surface area contributed by atoms with Gasteiger partial charge < -0.3 is 0 Å². The van der Waals surface area contributed by atoms with Gasteiger partial charge in [-0.2, -0.15) is 0 Å². The minimum absolute atomic E-state index is 0.848. The van der Waals surface area contributed by atoms with Gasteiger partial charge in [-0.3, -0.25) is 0 Å². The molecule has 0 nitrogen and oxygen atoms in total. The topological polar surface area (TPSA) is 0 Å². The molecule has 1 heteroatoms. The molecule has 0 saturated heterocycles. The van der Waals surface area contributed by atoms with Gasteiger partial charge in [0.2, 0.25) is 0 Å². The van der Waals surface area contributed by atoms with Crippen molar-refractivity contribution < 1.29 is 0 Å². The zero-order valence-electron chi connectivity index (χ0n) is 8.10. The monoisotopic (exact) mass is 193 g/mol. The average molecular weight is 194 g/mol. The van der Waals surface area contributed by atoms with Crippen LogP contribution in [-0.2, 0) is 6.42 Å². The van der Waals surface area contributed by atoms with Crippen LogP contribution in [0.3, 0.4) is 0 Å². The Morgan fingerprint density at radius 1 is 1.54 bits per heavy atom. The molecule has 1 aromatic rings. The second-order valence-corrected chi connectivity index (χ2v) is 3.45. The summed E-state index contributed by atoms with van der Waals surface area (Å²) in [5, 5.41) is 0.848. The van der Waals surface area contributed by atoms with Crippen LogP contribution in [0.4, 0.5) is 0 Å². The van der Waals surface area contributed by atoms with E-state index in [9.17, 15) is 0 Å². The fraction of sp³-hybridized carbons (Fsp3) is 0.250. The predicted molar refractivity (Wildman–Crippen MR) is 59.0 cm³/mol. The minimum atomic E-state index is 0.848. The molecule has 0 atom stereocenters. The van der Waals surface area contributed by atoms with Crippen molar-refractivity contribution in [2.24, 2.45) is 0 Å². The lowest BCUT2D eigenvalue weighted by Gasteiger charge is -2.08. The molecule has 0 N–H and O–H groups in total. The molecular formula is C12H14Cl. The van der Waals surface area contributed by atoms with Gasteiger partial charge in [-0.1, -0.05) is 43.7 Å². The Bertz CT molecular complexity index is 302. The summed E-state index contributed by atoms with van der Waals surface area (Å²) in [7, 11) is 0. The molecule has 13 heavy (non-hydrogen) atoms. The molecule has 0 amide bonds. The van der Waals surface area contributed by atoms with E-state index in [2.05, 4.69) is 25.6 Å². The van der Waals surface area contributed by atoms with E-state index in [0.29, 0.717) is 0 Å². The van der Waals surface area contributed by atoms with Gasteiger partial charge in [0.1, 0.15) is 0 Å². The molecule has 0 aliphatic carbocycles. The number of benzene rings is 1. The lowest BCUT2D eigenvalue weighted by molar-refractivity contribution is 1.13. The standard InChI is InChI=1S/C12H14Cl/c1-4-9(3)11-7-6-10(5-2)12(13)8-11/h4,6-8H,1,5H2,2-3H3. The summed E-state index contributed by atoms with van der Waals surface area (Å²) in [5.74, 6) is 1.16. The maximum absolute atomic E-state index is 6.08. The summed E-state index contributed by atoms with van der Waals surface area (Å²) in [5.41, 5.74) is 2.35. The summed E-state index contributed by atoms with van der Waals surface area (Å²) >= 11 is 6.08. The van der Waals surface area contributed by atoms with Crippen molar-refractivity contribution in [2.75, 3.05) is 0 Å². The first kappa shape index (κ1) is 10.3. The Hall–Kier alpha value is -0.750. The van der Waals surface area contributed by atoms with Crippen LogP contribution in [0.5, 0.6) is 0 Å². The largest absolute Gasteiger partial charge is 0.102 e. The van der Waals surface area contributed by atoms with Crippen molar-refractivity contribution in [3.63, 3.8) is 0 Å². The predicted octanol–water partition coefficient (Wildman–Crippen LogP) is 4.03. The van der Waals surface area contributed by atoms with Crippen LogP contribution in [0.15, 0.2) is 30.9 Å². The second kappa shape index (κ2) is 4.48. The van der Waals surface area contributed by atoms with E-state index in [1.54, 1.807) is 0 Å². The Morgan fingerprint density at radius 3 is 2.69 bits per heavy atom. The number of rotatable bonds is 3. The van der Waals surface area contributed by atoms with Gasteiger partial charge in [0, 0.05) is 10.9 Å². The molecular weight excluding hydrogens is 180 g/mol. The number of halogens is 1. The first-order valence-electron chi connectivity index (χ1n) is 4.43. The lowest BCUT2D eigenvalue weighted by Crippen LogP contribution is -1.91. The molecule has 69 valence electrons. The number of hydrogen-bond acceptors (Lipinski definition) is 0. The highest BCUT2D eigenvalue weighted by molar-refractivity contribution is 6.31. The maximum atomic E-state index is 6.08. The summed E-state index contributed by atoms with van der Waals surface area (Å²) in [6.45, 7) is 7.86. The summed E-state index contributed by atoms with van der Waals surface area (Å²) < 4.78 is 0. The van der Waals surface area contributed by atoms with Gasteiger partial charge in [-0.25, -0.2) is 0 Å². The molecule has 0 aliphatic heterocycles. The fourth-order valence-corrected chi connectivity index (χ4v) is 1.51. The number of hydrogen-bond donors (Lipinski definition) is 0. The molecule has 0 bridgehead atoms. The first-order chi connectivity index (χ1) is 6.19. The van der Waals surface area contributed by atoms with Crippen molar-refractivity contribution in [1.82, 2.24) is 0 Å². The van der Waals surface area contributed by atoms with E-state index in [-0.39, 0.29) is 0 Å². The Labute approximate surface area is 85.2 Å². The number of aryl methyl sites for hydroxylation is 1. The van der Waals surface area contributed by atoms with E-state index in [4.69, 9.17) is 11.6 Å². The zero-order valence-corrected chi connectivity index (χ0v) is 8.86. The third-order valence-corrected chi connectivity index (χ3v) is 2.55. The molecule has 0 spiro atoms. The molecule has 1 radical (unpaired) electrons. The van der Waals surface area contributed by atoms with Crippen molar-refractivity contribution >= 4 is 11.6 Å². The van der Waals surface area contributed by atoms with Crippen molar-refractivity contribution in [2.45, 2.75) is 20.3 Å². The second-order valence-electron chi connectivity index (χ2n) is 3.05. The molecule has 0 aromatic heterocycles. The lowest BCUT2D eigenvalue weighted by atomic mass is 9.99. The van der Waals surface area contributed by atoms with Crippen LogP contribution in [0, 0.1) is 5.92 Å². The van der Waals surface area contributed by atoms with E-state index in [1.807, 2.05) is 19.1 Å². The van der Waals surface area contributed by atoms with Crippen LogP contribution >= 0.6 is 11.6 Å². The van der Waals surface area contributed by atoms with Crippen molar-refractivity contribution in [3.05, 3.63) is 52.9 Å². The SMILES string of the molecule is C=C[C](C)c1ccc(CC)c(Cl)c1. The van der Waals surface area contributed by atoms with E-state index < -0.39 is 0 Å². The third kappa shape index (κ3) is 2.35. The summed E-state index contributed by atoms with van der Waals surface area (Å²) in [6.07, 6.45) is 2.82. The minimum Gasteiger partial charge on any atom is -0.102 e. The molecule has 0 aliphatic rings. The Kier molecular flexibility index (Phi) is 3.56. The van der Waals surface area contributed by atoms with Crippen LogP contribution in [0.25, 0.3) is 0 Å². The van der Waals surface area contributed by atoms with E-state index >= 15 is 0 Å². The molecule has 0 fully saturated rings. The number of allylic oxidation sites excluding steroid dienone is 1. The van der Waals surface area contributed by atoms with Gasteiger partial charge in [-0.05, 0) is 23.6 Å². The first-order valence-corrected chi connectivity index (χ1v) is 4.81. The highest BCUT2D eigenvalue weighted by Gasteiger charge is 2.04. The van der Waals surface area contributed by atoms with Gasteiger partial charge in [0.15, 0.2) is 0 Å². The van der Waals surface area contributed by atoms with Gasteiger partial charge >= 0.3 is 0 Å². The summed E-state index contributed by atoms with van der Waals surface area (Å²) in [4.78, 5) is 0. The van der Waals surface area contributed by atoms with Crippen LogP contribution in [0.1, 0.15) is 25.0 Å². The zero-order chi connectivity index (χ0) is 9.84. The Morgan fingerprint density at radius 2 is 2.23 bits per heavy atom. The molecule has 1 aromatic carbocycles. The van der Waals surface area contributed by atoms with Gasteiger partial charge in [0.25, 0.3) is 0 Å². The van der Waals surface area contributed by atoms with E-state index in [1.165, 1.54) is 5.56 Å². The molecule has 0 saturated carbocycles. The highest BCUT2D eigenvalue weighted by Crippen LogP contribution is 2.23. The van der Waals surface area contributed by atoms with Crippen LogP contribution < -0.4 is 0 Å². The van der Waals surface area contributed by atoms with Crippen LogP contribution in [0.2, 0.25) is 5.02 Å². The molecule has 0 heterocycles. The van der Waals surface area contributed by atoms with Crippen molar-refractivity contribution in [1.29, 1.82) is 0 Å². The summed E-state index contributed by atoms with van der Waals surface area (Å²) in [6, 6.07) is 6.16. The van der Waals surface area contributed by atoms with E-state index in [0.717, 1.165) is 22.9 Å². The van der Waals surface area contributed by atoms with Gasteiger partial charge in [-0.15, -0.1) is 6.58 Å².